The summed E-state index contributed by atoms with van der Waals surface area (Å²) < 4.78 is 0. The lowest BCUT2D eigenvalue weighted by Gasteiger charge is -2.14. The van der Waals surface area contributed by atoms with Crippen LogP contribution in [0.4, 0.5) is 0 Å². The predicted octanol–water partition coefficient (Wildman–Crippen LogP) is 4.20. The largest absolute Gasteiger partial charge is 0.508 e. The first kappa shape index (κ1) is 21.7. The van der Waals surface area contributed by atoms with Gasteiger partial charge >= 0.3 is 5.97 Å². The highest BCUT2D eigenvalue weighted by molar-refractivity contribution is 5.83. The van der Waals surface area contributed by atoms with Gasteiger partial charge in [0, 0.05) is 12.8 Å². The van der Waals surface area contributed by atoms with E-state index >= 15 is 0 Å². The Bertz CT molecular complexity index is 566. The second kappa shape index (κ2) is 13.0. The van der Waals surface area contributed by atoms with Gasteiger partial charge in [-0.2, -0.15) is 0 Å². The van der Waals surface area contributed by atoms with Crippen molar-refractivity contribution in [2.24, 2.45) is 0 Å². The first-order valence-corrected chi connectivity index (χ1v) is 9.48. The summed E-state index contributed by atoms with van der Waals surface area (Å²) in [4.78, 5) is 23.3. The summed E-state index contributed by atoms with van der Waals surface area (Å²) in [6.07, 6.45) is 12.4. The van der Waals surface area contributed by atoms with Gasteiger partial charge in [0.1, 0.15) is 11.8 Å². The number of aliphatic carboxylic acids is 1. The van der Waals surface area contributed by atoms with Gasteiger partial charge in [-0.3, -0.25) is 4.79 Å². The number of phenols is 1. The Morgan fingerprint density at radius 3 is 2.31 bits per heavy atom. The normalized spacial score (nSPS) is 12.2. The Labute approximate surface area is 156 Å². The third-order valence-corrected chi connectivity index (χ3v) is 4.18. The number of carbonyl (C=O) groups is 2. The first-order valence-electron chi connectivity index (χ1n) is 9.48. The molecule has 0 radical (unpaired) electrons. The van der Waals surface area contributed by atoms with E-state index in [-0.39, 0.29) is 18.1 Å². The van der Waals surface area contributed by atoms with Crippen LogP contribution < -0.4 is 5.32 Å². The molecule has 1 rings (SSSR count). The molecule has 0 fully saturated rings. The molecule has 26 heavy (non-hydrogen) atoms. The third kappa shape index (κ3) is 9.87. The molecule has 144 valence electrons. The zero-order valence-corrected chi connectivity index (χ0v) is 15.6. The van der Waals surface area contributed by atoms with Crippen molar-refractivity contribution in [1.82, 2.24) is 5.32 Å². The van der Waals surface area contributed by atoms with Gasteiger partial charge in [-0.1, -0.05) is 50.5 Å². The van der Waals surface area contributed by atoms with Crippen molar-refractivity contribution in [3.05, 3.63) is 42.0 Å². The minimum Gasteiger partial charge on any atom is -0.508 e. The number of aromatic hydroxyl groups is 1. The fraction of sp³-hybridized carbons (Fsp3) is 0.524. The number of carbonyl (C=O) groups excluding carboxylic acids is 1. The zero-order valence-electron chi connectivity index (χ0n) is 15.6. The van der Waals surface area contributed by atoms with Crippen LogP contribution in [0.2, 0.25) is 0 Å². The smallest absolute Gasteiger partial charge is 0.326 e. The quantitative estimate of drug-likeness (QED) is 0.363. The van der Waals surface area contributed by atoms with Crippen LogP contribution in [0.5, 0.6) is 5.75 Å². The number of amides is 1. The number of carboxylic acid groups (broad SMARTS) is 1. The molecular weight excluding hydrogens is 330 g/mol. The summed E-state index contributed by atoms with van der Waals surface area (Å²) in [5.74, 6) is -1.17. The summed E-state index contributed by atoms with van der Waals surface area (Å²) in [5.41, 5.74) is 0.751. The Balaban J connectivity index is 2.27. The number of rotatable bonds is 13. The molecule has 1 aromatic carbocycles. The van der Waals surface area contributed by atoms with Crippen molar-refractivity contribution in [1.29, 1.82) is 0 Å². The Morgan fingerprint density at radius 1 is 1.04 bits per heavy atom. The van der Waals surface area contributed by atoms with Gasteiger partial charge in [0.2, 0.25) is 5.91 Å². The molecule has 1 atom stereocenters. The highest BCUT2D eigenvalue weighted by Crippen LogP contribution is 2.12. The number of benzene rings is 1. The van der Waals surface area contributed by atoms with Crippen molar-refractivity contribution in [2.45, 2.75) is 70.8 Å². The fourth-order valence-corrected chi connectivity index (χ4v) is 2.64. The molecule has 1 amide bonds. The average Bonchev–Trinajstić information content (AvgIpc) is 2.61. The van der Waals surface area contributed by atoms with Crippen molar-refractivity contribution < 1.29 is 19.8 Å². The van der Waals surface area contributed by atoms with E-state index in [9.17, 15) is 19.8 Å². The van der Waals surface area contributed by atoms with Gasteiger partial charge in [-0.15, -0.1) is 0 Å². The van der Waals surface area contributed by atoms with Gasteiger partial charge in [-0.05, 0) is 43.4 Å². The van der Waals surface area contributed by atoms with Crippen LogP contribution in [0.1, 0.15) is 63.9 Å². The van der Waals surface area contributed by atoms with E-state index in [1.54, 1.807) is 12.1 Å². The van der Waals surface area contributed by atoms with E-state index in [0.717, 1.165) is 18.4 Å². The first-order chi connectivity index (χ1) is 12.5. The topological polar surface area (TPSA) is 86.6 Å². The van der Waals surface area contributed by atoms with Crippen LogP contribution in [-0.4, -0.2) is 28.1 Å². The van der Waals surface area contributed by atoms with Gasteiger partial charge in [0.25, 0.3) is 0 Å². The lowest BCUT2D eigenvalue weighted by atomic mass is 10.1. The number of hydrogen-bond acceptors (Lipinski definition) is 3. The van der Waals surface area contributed by atoms with Crippen molar-refractivity contribution in [3.8, 4) is 5.75 Å². The molecule has 0 bridgehead atoms. The van der Waals surface area contributed by atoms with Crippen LogP contribution in [0.3, 0.4) is 0 Å². The molecule has 5 heteroatoms. The number of allylic oxidation sites excluding steroid dienone is 2. The molecule has 3 N–H and O–H groups in total. The molecule has 0 aromatic heterocycles. The van der Waals surface area contributed by atoms with Crippen molar-refractivity contribution in [3.63, 3.8) is 0 Å². The van der Waals surface area contributed by atoms with Gasteiger partial charge < -0.3 is 15.5 Å². The van der Waals surface area contributed by atoms with E-state index in [4.69, 9.17) is 0 Å². The molecular formula is C21H31NO4. The number of hydrogen-bond donors (Lipinski definition) is 3. The second-order valence-electron chi connectivity index (χ2n) is 6.54. The fourth-order valence-electron chi connectivity index (χ4n) is 2.64. The molecule has 0 spiro atoms. The van der Waals surface area contributed by atoms with Crippen LogP contribution in [0.25, 0.3) is 0 Å². The second-order valence-corrected chi connectivity index (χ2v) is 6.54. The standard InChI is InChI=1S/C21H31NO4/c1-2-3-4-5-6-7-8-9-10-11-20(24)22-19(21(25)26)16-17-12-14-18(23)15-13-17/h7-8,12-15,19,23H,2-6,9-11,16H2,1H3,(H,22,24)(H,25,26)/t19-/m1/s1. The molecule has 0 heterocycles. The average molecular weight is 361 g/mol. The molecule has 0 aliphatic carbocycles. The third-order valence-electron chi connectivity index (χ3n) is 4.18. The molecule has 0 aliphatic rings. The lowest BCUT2D eigenvalue weighted by Crippen LogP contribution is -2.42. The number of phenolic OH excluding ortho intramolecular Hbond substituents is 1. The highest BCUT2D eigenvalue weighted by Gasteiger charge is 2.20. The Hall–Kier alpha value is -2.30. The van der Waals surface area contributed by atoms with E-state index in [0.29, 0.717) is 12.8 Å². The summed E-state index contributed by atoms with van der Waals surface area (Å²) in [7, 11) is 0. The molecule has 0 aliphatic heterocycles. The summed E-state index contributed by atoms with van der Waals surface area (Å²) in [5, 5.41) is 21.1. The van der Waals surface area contributed by atoms with E-state index in [1.807, 2.05) is 0 Å². The van der Waals surface area contributed by atoms with Crippen LogP contribution in [0.15, 0.2) is 36.4 Å². The highest BCUT2D eigenvalue weighted by atomic mass is 16.4. The minimum atomic E-state index is -1.06. The van der Waals surface area contributed by atoms with Crippen molar-refractivity contribution in [2.75, 3.05) is 0 Å². The number of nitrogens with one attached hydrogen (secondary N) is 1. The summed E-state index contributed by atoms with van der Waals surface area (Å²) >= 11 is 0. The van der Waals surface area contributed by atoms with Crippen molar-refractivity contribution >= 4 is 11.9 Å². The Kier molecular flexibility index (Phi) is 10.9. The maximum atomic E-state index is 12.0. The van der Waals surface area contributed by atoms with E-state index < -0.39 is 12.0 Å². The lowest BCUT2D eigenvalue weighted by molar-refractivity contribution is -0.141. The minimum absolute atomic E-state index is 0.128. The van der Waals surface area contributed by atoms with E-state index in [1.165, 1.54) is 37.8 Å². The molecule has 0 saturated carbocycles. The number of carboxylic acids is 1. The van der Waals surface area contributed by atoms with Crippen LogP contribution in [0, 0.1) is 0 Å². The predicted molar refractivity (Wildman–Crippen MR) is 103 cm³/mol. The van der Waals surface area contributed by atoms with Gasteiger partial charge in [-0.25, -0.2) is 4.79 Å². The monoisotopic (exact) mass is 361 g/mol. The SMILES string of the molecule is CCCCCCC=CCCCC(=O)N[C@H](Cc1ccc(O)cc1)C(=O)O. The molecule has 5 nitrogen and oxygen atoms in total. The molecule has 1 aromatic rings. The van der Waals surface area contributed by atoms with E-state index in [2.05, 4.69) is 24.4 Å². The number of unbranched alkanes of at least 4 members (excludes halogenated alkanes) is 5. The Morgan fingerprint density at radius 2 is 1.69 bits per heavy atom. The van der Waals surface area contributed by atoms with Gasteiger partial charge in [0.15, 0.2) is 0 Å². The summed E-state index contributed by atoms with van der Waals surface area (Å²) in [6.45, 7) is 2.19. The van der Waals surface area contributed by atoms with Crippen LogP contribution >= 0.6 is 0 Å². The van der Waals surface area contributed by atoms with Crippen LogP contribution in [-0.2, 0) is 16.0 Å². The summed E-state index contributed by atoms with van der Waals surface area (Å²) in [6, 6.07) is 5.36. The zero-order chi connectivity index (χ0) is 19.2. The maximum absolute atomic E-state index is 12.0. The van der Waals surface area contributed by atoms with Gasteiger partial charge in [0.05, 0.1) is 0 Å². The molecule has 0 saturated heterocycles. The maximum Gasteiger partial charge on any atom is 0.326 e. The molecule has 0 unspecified atom stereocenters.